The third-order valence-electron chi connectivity index (χ3n) is 4.87. The molecular formula is C17H19N3O3. The Balaban J connectivity index is 1.48. The van der Waals surface area contributed by atoms with E-state index in [0.717, 1.165) is 43.9 Å². The quantitative estimate of drug-likeness (QED) is 0.907. The molecule has 6 nitrogen and oxygen atoms in total. The number of aromatic nitrogens is 1. The Kier molecular flexibility index (Phi) is 3.63. The molecule has 120 valence electrons. The summed E-state index contributed by atoms with van der Waals surface area (Å²) in [5.74, 6) is 0.705. The van der Waals surface area contributed by atoms with Gasteiger partial charge < -0.3 is 19.8 Å². The van der Waals surface area contributed by atoms with E-state index in [1.54, 1.807) is 6.20 Å². The molecule has 23 heavy (non-hydrogen) atoms. The van der Waals surface area contributed by atoms with E-state index in [2.05, 4.69) is 15.6 Å². The molecular weight excluding hydrogens is 294 g/mol. The Morgan fingerprint density at radius 2 is 2.22 bits per heavy atom. The highest BCUT2D eigenvalue weighted by Gasteiger charge is 2.50. The molecule has 1 unspecified atom stereocenters. The predicted molar refractivity (Wildman–Crippen MR) is 84.8 cm³/mol. The lowest BCUT2D eigenvalue weighted by Gasteiger charge is -2.51. The van der Waals surface area contributed by atoms with E-state index in [4.69, 9.17) is 9.15 Å². The number of ether oxygens (including phenoxy) is 1. The molecule has 4 rings (SSSR count). The monoisotopic (exact) mass is 313 g/mol. The zero-order valence-electron chi connectivity index (χ0n) is 12.7. The van der Waals surface area contributed by atoms with Crippen molar-refractivity contribution in [3.05, 3.63) is 36.9 Å². The zero-order valence-corrected chi connectivity index (χ0v) is 12.7. The highest BCUT2D eigenvalue weighted by atomic mass is 16.5. The maximum atomic E-state index is 12.6. The van der Waals surface area contributed by atoms with Gasteiger partial charge in [-0.2, -0.15) is 0 Å². The van der Waals surface area contributed by atoms with Crippen molar-refractivity contribution in [2.75, 3.05) is 25.1 Å². The molecule has 0 bridgehead atoms. The van der Waals surface area contributed by atoms with Crippen molar-refractivity contribution in [2.24, 2.45) is 5.41 Å². The molecule has 3 heterocycles. The van der Waals surface area contributed by atoms with Gasteiger partial charge in [0.25, 0.3) is 0 Å². The molecule has 1 aromatic carbocycles. The van der Waals surface area contributed by atoms with Crippen LogP contribution in [0, 0.1) is 5.41 Å². The number of carbonyl (C=O) groups excluding carboxylic acids is 1. The number of nitrogens with zero attached hydrogens (tertiary/aromatic N) is 1. The third kappa shape index (κ3) is 2.64. The van der Waals surface area contributed by atoms with Gasteiger partial charge >= 0.3 is 0 Å². The summed E-state index contributed by atoms with van der Waals surface area (Å²) < 4.78 is 10.7. The van der Waals surface area contributed by atoms with E-state index in [0.29, 0.717) is 5.76 Å². The van der Waals surface area contributed by atoms with Crippen LogP contribution in [0.4, 0.5) is 5.69 Å². The van der Waals surface area contributed by atoms with Crippen molar-refractivity contribution in [1.82, 2.24) is 10.3 Å². The minimum absolute atomic E-state index is 0.0212. The minimum atomic E-state index is -0.139. The first-order chi connectivity index (χ1) is 11.3. The van der Waals surface area contributed by atoms with Gasteiger partial charge in [0, 0.05) is 36.4 Å². The second kappa shape index (κ2) is 5.79. The molecule has 0 aliphatic carbocycles. The highest BCUT2D eigenvalue weighted by molar-refractivity contribution is 5.96. The average Bonchev–Trinajstić information content (AvgIpc) is 3.09. The standard InChI is InChI=1S/C17H19N3O3/c21-16(15-17(10-19-15)4-6-22-7-5-17)20-13-3-1-2-12(8-13)14-9-18-11-23-14/h1-3,8-9,11,15,19H,4-7,10H2,(H,20,21). The van der Waals surface area contributed by atoms with Crippen molar-refractivity contribution in [3.8, 4) is 11.3 Å². The second-order valence-electron chi connectivity index (χ2n) is 6.22. The average molecular weight is 313 g/mol. The second-order valence-corrected chi connectivity index (χ2v) is 6.22. The maximum Gasteiger partial charge on any atom is 0.242 e. The third-order valence-corrected chi connectivity index (χ3v) is 4.87. The van der Waals surface area contributed by atoms with Crippen LogP contribution in [0.5, 0.6) is 0 Å². The molecule has 2 aliphatic rings. The Hall–Kier alpha value is -2.18. The van der Waals surface area contributed by atoms with E-state index in [1.165, 1.54) is 6.39 Å². The van der Waals surface area contributed by atoms with E-state index < -0.39 is 0 Å². The fraction of sp³-hybridized carbons (Fsp3) is 0.412. The number of rotatable bonds is 3. The van der Waals surface area contributed by atoms with Crippen LogP contribution in [0.2, 0.25) is 0 Å². The molecule has 6 heteroatoms. The number of benzene rings is 1. The van der Waals surface area contributed by atoms with Gasteiger partial charge in [-0.1, -0.05) is 12.1 Å². The summed E-state index contributed by atoms with van der Waals surface area (Å²) in [6.45, 7) is 2.38. The first kappa shape index (κ1) is 14.4. The summed E-state index contributed by atoms with van der Waals surface area (Å²) in [6.07, 6.45) is 4.94. The lowest BCUT2D eigenvalue weighted by atomic mass is 9.67. The van der Waals surface area contributed by atoms with Crippen LogP contribution >= 0.6 is 0 Å². The van der Waals surface area contributed by atoms with Crippen LogP contribution in [0.25, 0.3) is 11.3 Å². The van der Waals surface area contributed by atoms with Crippen LogP contribution in [-0.4, -0.2) is 36.7 Å². The number of anilines is 1. The largest absolute Gasteiger partial charge is 0.444 e. The van der Waals surface area contributed by atoms with Crippen LogP contribution in [0.3, 0.4) is 0 Å². The van der Waals surface area contributed by atoms with E-state index in [-0.39, 0.29) is 17.4 Å². The number of oxazole rings is 1. The van der Waals surface area contributed by atoms with Gasteiger partial charge in [-0.15, -0.1) is 0 Å². The molecule has 2 saturated heterocycles. The fourth-order valence-corrected chi connectivity index (χ4v) is 3.43. The van der Waals surface area contributed by atoms with Crippen LogP contribution in [0.1, 0.15) is 12.8 Å². The molecule has 1 amide bonds. The van der Waals surface area contributed by atoms with Gasteiger partial charge in [0.15, 0.2) is 12.2 Å². The smallest absolute Gasteiger partial charge is 0.242 e. The molecule has 2 aliphatic heterocycles. The molecule has 2 aromatic rings. The Bertz CT molecular complexity index is 693. The van der Waals surface area contributed by atoms with Gasteiger partial charge in [-0.3, -0.25) is 4.79 Å². The fourth-order valence-electron chi connectivity index (χ4n) is 3.43. The summed E-state index contributed by atoms with van der Waals surface area (Å²) in [7, 11) is 0. The SMILES string of the molecule is O=C(Nc1cccc(-c2cnco2)c1)C1NCC12CCOCC2. The highest BCUT2D eigenvalue weighted by Crippen LogP contribution is 2.40. The van der Waals surface area contributed by atoms with Crippen LogP contribution < -0.4 is 10.6 Å². The molecule has 1 spiro atoms. The molecule has 0 radical (unpaired) electrons. The summed E-state index contributed by atoms with van der Waals surface area (Å²) in [5, 5.41) is 6.29. The molecule has 2 N–H and O–H groups in total. The van der Waals surface area contributed by atoms with Crippen LogP contribution in [0.15, 0.2) is 41.3 Å². The van der Waals surface area contributed by atoms with Gasteiger partial charge in [0.2, 0.25) is 5.91 Å². The van der Waals surface area contributed by atoms with Crippen LogP contribution in [-0.2, 0) is 9.53 Å². The van der Waals surface area contributed by atoms with Crippen molar-refractivity contribution in [1.29, 1.82) is 0 Å². The predicted octanol–water partition coefficient (Wildman–Crippen LogP) is 2.05. The van der Waals surface area contributed by atoms with Gasteiger partial charge in [-0.05, 0) is 25.0 Å². The maximum absolute atomic E-state index is 12.6. The zero-order chi connectivity index (χ0) is 15.7. The lowest BCUT2D eigenvalue weighted by molar-refractivity contribution is -0.130. The van der Waals surface area contributed by atoms with Gasteiger partial charge in [-0.25, -0.2) is 4.98 Å². The number of nitrogens with one attached hydrogen (secondary N) is 2. The molecule has 1 aromatic heterocycles. The first-order valence-corrected chi connectivity index (χ1v) is 7.88. The van der Waals surface area contributed by atoms with Crippen molar-refractivity contribution in [3.63, 3.8) is 0 Å². The lowest BCUT2D eigenvalue weighted by Crippen LogP contribution is -2.68. The van der Waals surface area contributed by atoms with E-state index in [1.807, 2.05) is 24.3 Å². The molecule has 0 saturated carbocycles. The number of carbonyl (C=O) groups is 1. The van der Waals surface area contributed by atoms with Crippen molar-refractivity contribution in [2.45, 2.75) is 18.9 Å². The number of hydrogen-bond acceptors (Lipinski definition) is 5. The van der Waals surface area contributed by atoms with Gasteiger partial charge in [0.05, 0.1) is 12.2 Å². The summed E-state index contributed by atoms with van der Waals surface area (Å²) in [4.78, 5) is 16.5. The Morgan fingerprint density at radius 3 is 2.91 bits per heavy atom. The normalized spacial score (nSPS) is 22.5. The minimum Gasteiger partial charge on any atom is -0.444 e. The first-order valence-electron chi connectivity index (χ1n) is 7.88. The van der Waals surface area contributed by atoms with E-state index >= 15 is 0 Å². The Morgan fingerprint density at radius 1 is 1.35 bits per heavy atom. The molecule has 1 atom stereocenters. The summed E-state index contributed by atoms with van der Waals surface area (Å²) in [5.41, 5.74) is 1.72. The van der Waals surface area contributed by atoms with E-state index in [9.17, 15) is 4.79 Å². The number of amides is 1. The summed E-state index contributed by atoms with van der Waals surface area (Å²) >= 11 is 0. The number of hydrogen-bond donors (Lipinski definition) is 2. The summed E-state index contributed by atoms with van der Waals surface area (Å²) in [6, 6.07) is 7.46. The Labute approximate surface area is 134 Å². The van der Waals surface area contributed by atoms with Crippen molar-refractivity contribution < 1.29 is 13.9 Å². The topological polar surface area (TPSA) is 76.4 Å². The molecule has 2 fully saturated rings. The van der Waals surface area contributed by atoms with Gasteiger partial charge in [0.1, 0.15) is 0 Å². The van der Waals surface area contributed by atoms with Crippen molar-refractivity contribution >= 4 is 11.6 Å².